The van der Waals surface area contributed by atoms with Crippen molar-refractivity contribution in [2.75, 3.05) is 38.4 Å². The standard InChI is InChI=1S/C20H24BrN3O4/c1-13(20(26)22-14-9-15(27-3)11-16(10-14)28-4)24(2)12-19(25)23-18-8-6-5-7-17(18)21/h5-11,13H,12H2,1-4H3,(H,22,26)(H,23,25)/t13-/m0/s1. The van der Waals surface area contributed by atoms with Crippen molar-refractivity contribution in [3.05, 3.63) is 46.9 Å². The van der Waals surface area contributed by atoms with Crippen LogP contribution in [0.25, 0.3) is 0 Å². The van der Waals surface area contributed by atoms with E-state index < -0.39 is 6.04 Å². The molecule has 0 saturated carbocycles. The molecular formula is C20H24BrN3O4. The zero-order chi connectivity index (χ0) is 20.7. The average molecular weight is 450 g/mol. The molecule has 0 unspecified atom stereocenters. The number of likely N-dealkylation sites (N-methyl/N-ethyl adjacent to an activating group) is 1. The molecule has 0 aromatic heterocycles. The summed E-state index contributed by atoms with van der Waals surface area (Å²) in [5.41, 5.74) is 1.24. The van der Waals surface area contributed by atoms with Crippen LogP contribution >= 0.6 is 15.9 Å². The second kappa shape index (κ2) is 10.1. The Morgan fingerprint density at radius 3 is 2.25 bits per heavy atom. The molecule has 0 spiro atoms. The summed E-state index contributed by atoms with van der Waals surface area (Å²) in [5, 5.41) is 5.65. The van der Waals surface area contributed by atoms with Gasteiger partial charge in [-0.1, -0.05) is 12.1 Å². The first kappa shape index (κ1) is 21.7. The van der Waals surface area contributed by atoms with E-state index in [1.54, 1.807) is 57.4 Å². The molecule has 2 aromatic rings. The summed E-state index contributed by atoms with van der Waals surface area (Å²) in [4.78, 5) is 26.5. The van der Waals surface area contributed by atoms with Gasteiger partial charge in [-0.15, -0.1) is 0 Å². The fourth-order valence-corrected chi connectivity index (χ4v) is 2.83. The molecule has 2 aromatic carbocycles. The summed E-state index contributed by atoms with van der Waals surface area (Å²) in [7, 11) is 4.80. The number of nitrogens with one attached hydrogen (secondary N) is 2. The number of hydrogen-bond donors (Lipinski definition) is 2. The van der Waals surface area contributed by atoms with Crippen molar-refractivity contribution in [1.29, 1.82) is 0 Å². The lowest BCUT2D eigenvalue weighted by atomic mass is 10.2. The second-order valence-corrected chi connectivity index (χ2v) is 7.06. The van der Waals surface area contributed by atoms with E-state index >= 15 is 0 Å². The Kier molecular flexibility index (Phi) is 7.83. The number of hydrogen-bond acceptors (Lipinski definition) is 5. The maximum Gasteiger partial charge on any atom is 0.241 e. The number of para-hydroxylation sites is 1. The normalized spacial score (nSPS) is 11.6. The Balaban J connectivity index is 1.96. The highest BCUT2D eigenvalue weighted by Gasteiger charge is 2.21. The first-order valence-electron chi connectivity index (χ1n) is 8.62. The Labute approximate surface area is 173 Å². The van der Waals surface area contributed by atoms with Gasteiger partial charge in [0.1, 0.15) is 11.5 Å². The third-order valence-corrected chi connectivity index (χ3v) is 4.89. The molecule has 2 N–H and O–H groups in total. The van der Waals surface area contributed by atoms with Gasteiger partial charge in [-0.25, -0.2) is 0 Å². The van der Waals surface area contributed by atoms with Crippen molar-refractivity contribution >= 4 is 39.1 Å². The van der Waals surface area contributed by atoms with Crippen LogP contribution in [-0.4, -0.2) is 50.6 Å². The van der Waals surface area contributed by atoms with Crippen molar-refractivity contribution in [1.82, 2.24) is 4.90 Å². The van der Waals surface area contributed by atoms with Crippen LogP contribution in [0.2, 0.25) is 0 Å². The minimum absolute atomic E-state index is 0.0668. The summed E-state index contributed by atoms with van der Waals surface area (Å²) < 4.78 is 11.2. The maximum absolute atomic E-state index is 12.6. The number of methoxy groups -OCH3 is 2. The molecule has 28 heavy (non-hydrogen) atoms. The Morgan fingerprint density at radius 1 is 1.07 bits per heavy atom. The predicted molar refractivity (Wildman–Crippen MR) is 113 cm³/mol. The molecule has 0 radical (unpaired) electrons. The summed E-state index contributed by atoms with van der Waals surface area (Å²) in [6, 6.07) is 11.9. The van der Waals surface area contributed by atoms with Gasteiger partial charge < -0.3 is 20.1 Å². The van der Waals surface area contributed by atoms with Crippen molar-refractivity contribution in [2.45, 2.75) is 13.0 Å². The number of nitrogens with zero attached hydrogens (tertiary/aromatic N) is 1. The number of halogens is 1. The SMILES string of the molecule is COc1cc(NC(=O)[C@H](C)N(C)CC(=O)Nc2ccccc2Br)cc(OC)c1. The van der Waals surface area contributed by atoms with Gasteiger partial charge in [0, 0.05) is 28.4 Å². The molecule has 0 bridgehead atoms. The molecule has 150 valence electrons. The molecule has 2 amide bonds. The second-order valence-electron chi connectivity index (χ2n) is 6.21. The molecule has 0 saturated heterocycles. The van der Waals surface area contributed by atoms with Crippen LogP contribution in [0.15, 0.2) is 46.9 Å². The average Bonchev–Trinajstić information content (AvgIpc) is 2.68. The lowest BCUT2D eigenvalue weighted by Gasteiger charge is -2.23. The highest BCUT2D eigenvalue weighted by Crippen LogP contribution is 2.26. The minimum atomic E-state index is -0.526. The Hall–Kier alpha value is -2.58. The van der Waals surface area contributed by atoms with Crippen LogP contribution in [0.1, 0.15) is 6.92 Å². The van der Waals surface area contributed by atoms with Crippen LogP contribution < -0.4 is 20.1 Å². The largest absolute Gasteiger partial charge is 0.497 e. The van der Waals surface area contributed by atoms with Gasteiger partial charge in [0.05, 0.1) is 32.5 Å². The molecule has 0 fully saturated rings. The summed E-state index contributed by atoms with van der Waals surface area (Å²) in [6.45, 7) is 1.80. The summed E-state index contributed by atoms with van der Waals surface area (Å²) >= 11 is 3.39. The van der Waals surface area contributed by atoms with Crippen molar-refractivity contribution in [3.8, 4) is 11.5 Å². The maximum atomic E-state index is 12.6. The van der Waals surface area contributed by atoms with E-state index in [-0.39, 0.29) is 18.4 Å². The van der Waals surface area contributed by atoms with Gasteiger partial charge in [-0.05, 0) is 42.0 Å². The van der Waals surface area contributed by atoms with Crippen LogP contribution in [0.5, 0.6) is 11.5 Å². The van der Waals surface area contributed by atoms with E-state index in [2.05, 4.69) is 26.6 Å². The molecule has 1 atom stereocenters. The minimum Gasteiger partial charge on any atom is -0.497 e. The molecule has 0 aliphatic heterocycles. The van der Waals surface area contributed by atoms with Gasteiger partial charge >= 0.3 is 0 Å². The van der Waals surface area contributed by atoms with Gasteiger partial charge in [-0.2, -0.15) is 0 Å². The van der Waals surface area contributed by atoms with E-state index in [1.165, 1.54) is 0 Å². The number of benzene rings is 2. The number of anilines is 2. The van der Waals surface area contributed by atoms with E-state index in [0.29, 0.717) is 22.9 Å². The van der Waals surface area contributed by atoms with Gasteiger partial charge in [0.25, 0.3) is 0 Å². The van der Waals surface area contributed by atoms with E-state index in [4.69, 9.17) is 9.47 Å². The number of rotatable bonds is 8. The topological polar surface area (TPSA) is 79.9 Å². The fraction of sp³-hybridized carbons (Fsp3) is 0.300. The van der Waals surface area contributed by atoms with E-state index in [0.717, 1.165) is 4.47 Å². The molecule has 0 heterocycles. The van der Waals surface area contributed by atoms with Crippen molar-refractivity contribution in [3.63, 3.8) is 0 Å². The van der Waals surface area contributed by atoms with Crippen LogP contribution in [0.3, 0.4) is 0 Å². The summed E-state index contributed by atoms with van der Waals surface area (Å²) in [6.07, 6.45) is 0. The van der Waals surface area contributed by atoms with Gasteiger partial charge in [0.15, 0.2) is 0 Å². The van der Waals surface area contributed by atoms with E-state index in [1.807, 2.05) is 18.2 Å². The van der Waals surface area contributed by atoms with Crippen LogP contribution in [-0.2, 0) is 9.59 Å². The monoisotopic (exact) mass is 449 g/mol. The Morgan fingerprint density at radius 2 is 1.68 bits per heavy atom. The number of amides is 2. The fourth-order valence-electron chi connectivity index (χ4n) is 2.44. The van der Waals surface area contributed by atoms with E-state index in [9.17, 15) is 9.59 Å². The summed E-state index contributed by atoms with van der Waals surface area (Å²) in [5.74, 6) is 0.690. The molecule has 8 heteroatoms. The van der Waals surface area contributed by atoms with Crippen LogP contribution in [0, 0.1) is 0 Å². The molecular weight excluding hydrogens is 426 g/mol. The lowest BCUT2D eigenvalue weighted by Crippen LogP contribution is -2.43. The third-order valence-electron chi connectivity index (χ3n) is 4.20. The smallest absolute Gasteiger partial charge is 0.241 e. The molecule has 0 aliphatic rings. The predicted octanol–water partition coefficient (Wildman–Crippen LogP) is 3.36. The zero-order valence-electron chi connectivity index (χ0n) is 16.3. The third kappa shape index (κ3) is 5.97. The molecule has 7 nitrogen and oxygen atoms in total. The number of carbonyl (C=O) groups is 2. The quantitative estimate of drug-likeness (QED) is 0.645. The first-order valence-corrected chi connectivity index (χ1v) is 9.42. The highest BCUT2D eigenvalue weighted by molar-refractivity contribution is 9.10. The van der Waals surface area contributed by atoms with Crippen molar-refractivity contribution in [2.24, 2.45) is 0 Å². The van der Waals surface area contributed by atoms with Crippen LogP contribution in [0.4, 0.5) is 11.4 Å². The zero-order valence-corrected chi connectivity index (χ0v) is 17.9. The van der Waals surface area contributed by atoms with Crippen molar-refractivity contribution < 1.29 is 19.1 Å². The molecule has 2 rings (SSSR count). The molecule has 0 aliphatic carbocycles. The van der Waals surface area contributed by atoms with Gasteiger partial charge in [0.2, 0.25) is 11.8 Å². The number of carbonyl (C=O) groups excluding carboxylic acids is 2. The first-order chi connectivity index (χ1) is 13.3. The van der Waals surface area contributed by atoms with Gasteiger partial charge in [-0.3, -0.25) is 14.5 Å². The highest BCUT2D eigenvalue weighted by atomic mass is 79.9. The lowest BCUT2D eigenvalue weighted by molar-refractivity contribution is -0.122. The Bertz CT molecular complexity index is 822. The number of ether oxygens (including phenoxy) is 2.